The number of nitrogens with zero attached hydrogens (tertiary/aromatic N) is 3. The fraction of sp³-hybridized carbons (Fsp3) is 0.231. The van der Waals surface area contributed by atoms with Gasteiger partial charge in [0.2, 0.25) is 15.9 Å². The average molecular weight is 488 g/mol. The van der Waals surface area contributed by atoms with Crippen LogP contribution in [0, 0.1) is 11.3 Å². The Morgan fingerprint density at radius 3 is 2.83 bits per heavy atom. The van der Waals surface area contributed by atoms with Crippen LogP contribution in [0.3, 0.4) is 0 Å². The van der Waals surface area contributed by atoms with E-state index in [4.69, 9.17) is 0 Å². The number of fused-ring (bicyclic) bond motifs is 2. The summed E-state index contributed by atoms with van der Waals surface area (Å²) in [6, 6.07) is 19.0. The van der Waals surface area contributed by atoms with Crippen molar-refractivity contribution in [3.63, 3.8) is 0 Å². The Kier molecular flexibility index (Phi) is 6.16. The van der Waals surface area contributed by atoms with Crippen LogP contribution in [0.25, 0.3) is 10.9 Å². The van der Waals surface area contributed by atoms with Gasteiger partial charge in [0.25, 0.3) is 0 Å². The van der Waals surface area contributed by atoms with E-state index in [0.717, 1.165) is 24.1 Å². The third-order valence-electron chi connectivity index (χ3n) is 6.42. The Morgan fingerprint density at radius 1 is 1.11 bits per heavy atom. The Bertz CT molecular complexity index is 1530. The van der Waals surface area contributed by atoms with E-state index in [1.54, 1.807) is 52.2 Å². The summed E-state index contributed by atoms with van der Waals surface area (Å²) in [5, 5.41) is 9.91. The third-order valence-corrected chi connectivity index (χ3v) is 7.95. The van der Waals surface area contributed by atoms with Crippen LogP contribution in [0.15, 0.2) is 78.0 Å². The number of sulfonamides is 1. The molecule has 0 radical (unpaired) electrons. The highest BCUT2D eigenvalue weighted by atomic mass is 32.2. The highest BCUT2D eigenvalue weighted by Gasteiger charge is 2.32. The number of H-pyrrole nitrogens is 1. The van der Waals surface area contributed by atoms with Crippen molar-refractivity contribution in [2.24, 2.45) is 0 Å². The van der Waals surface area contributed by atoms with Crippen LogP contribution in [-0.2, 0) is 27.8 Å². The molecule has 8 nitrogen and oxygen atoms in total. The number of aromatic amines is 1. The third kappa shape index (κ3) is 4.46. The minimum Gasteiger partial charge on any atom is -0.361 e. The lowest BCUT2D eigenvalue weighted by Gasteiger charge is -2.32. The molecule has 3 heterocycles. The molecule has 35 heavy (non-hydrogen) atoms. The number of amides is 1. The van der Waals surface area contributed by atoms with Gasteiger partial charge in [-0.2, -0.15) is 9.98 Å². The lowest BCUT2D eigenvalue weighted by molar-refractivity contribution is -0.120. The molecule has 0 fully saturated rings. The number of aryl methyl sites for hydroxylation is 2. The van der Waals surface area contributed by atoms with E-state index >= 15 is 0 Å². The topological polar surface area (TPSA) is 111 Å². The molecular weight excluding hydrogens is 462 g/mol. The lowest BCUT2D eigenvalue weighted by atomic mass is 10.0. The van der Waals surface area contributed by atoms with Gasteiger partial charge < -0.3 is 14.5 Å². The molecule has 9 heteroatoms. The molecule has 2 aromatic heterocycles. The number of para-hydroxylation sites is 1. The Morgan fingerprint density at radius 2 is 1.97 bits per heavy atom. The second-order valence-electron chi connectivity index (χ2n) is 8.58. The van der Waals surface area contributed by atoms with Gasteiger partial charge in [0.1, 0.15) is 17.8 Å². The number of hydrogen-bond acceptors (Lipinski definition) is 4. The number of nitrogens with one attached hydrogen (secondary N) is 2. The van der Waals surface area contributed by atoms with E-state index in [1.807, 2.05) is 24.3 Å². The van der Waals surface area contributed by atoms with Crippen molar-refractivity contribution in [2.45, 2.75) is 36.7 Å². The van der Waals surface area contributed by atoms with Crippen LogP contribution < -0.4 is 9.62 Å². The monoisotopic (exact) mass is 487 g/mol. The van der Waals surface area contributed by atoms with E-state index < -0.39 is 16.1 Å². The fourth-order valence-corrected chi connectivity index (χ4v) is 6.15. The molecule has 5 rings (SSSR count). The Hall–Kier alpha value is -3.87. The van der Waals surface area contributed by atoms with Crippen molar-refractivity contribution in [1.82, 2.24) is 14.3 Å². The van der Waals surface area contributed by atoms with Crippen molar-refractivity contribution in [1.29, 1.82) is 5.26 Å². The van der Waals surface area contributed by atoms with E-state index in [2.05, 4.69) is 15.8 Å². The van der Waals surface area contributed by atoms with Crippen LogP contribution in [0.1, 0.15) is 24.1 Å². The quantitative estimate of drug-likeness (QED) is 0.415. The summed E-state index contributed by atoms with van der Waals surface area (Å²) < 4.78 is 31.5. The first kappa shape index (κ1) is 22.9. The number of rotatable bonds is 7. The predicted molar refractivity (Wildman–Crippen MR) is 133 cm³/mol. The first-order valence-corrected chi connectivity index (χ1v) is 13.0. The van der Waals surface area contributed by atoms with Crippen LogP contribution in [0.2, 0.25) is 0 Å². The zero-order valence-corrected chi connectivity index (χ0v) is 19.8. The maximum absolute atomic E-state index is 13.8. The van der Waals surface area contributed by atoms with Gasteiger partial charge in [-0.05, 0) is 61.2 Å². The SMILES string of the molecule is N#Cc1cccn1CCC(NS(=O)(=O)c1cccc2[nH]ccc12)C(=O)N1CCCc2ccccc21. The van der Waals surface area contributed by atoms with Crippen molar-refractivity contribution >= 4 is 32.5 Å². The van der Waals surface area contributed by atoms with Crippen LogP contribution in [0.5, 0.6) is 0 Å². The van der Waals surface area contributed by atoms with Gasteiger partial charge in [0.15, 0.2) is 0 Å². The van der Waals surface area contributed by atoms with E-state index in [0.29, 0.717) is 29.7 Å². The first-order chi connectivity index (χ1) is 17.0. The minimum absolute atomic E-state index is 0.117. The van der Waals surface area contributed by atoms with Gasteiger partial charge >= 0.3 is 0 Å². The summed E-state index contributed by atoms with van der Waals surface area (Å²) in [6.07, 6.45) is 5.32. The van der Waals surface area contributed by atoms with Crippen molar-refractivity contribution < 1.29 is 13.2 Å². The highest BCUT2D eigenvalue weighted by molar-refractivity contribution is 7.89. The molecule has 2 aromatic carbocycles. The van der Waals surface area contributed by atoms with E-state index in [-0.39, 0.29) is 17.2 Å². The van der Waals surface area contributed by atoms with E-state index in [1.165, 1.54) is 6.07 Å². The molecule has 178 valence electrons. The number of carbonyl (C=O) groups is 1. The smallest absolute Gasteiger partial charge is 0.245 e. The molecule has 1 aliphatic rings. The summed E-state index contributed by atoms with van der Waals surface area (Å²) in [4.78, 5) is 18.6. The maximum Gasteiger partial charge on any atom is 0.245 e. The molecule has 1 unspecified atom stereocenters. The maximum atomic E-state index is 13.8. The molecule has 0 bridgehead atoms. The average Bonchev–Trinajstić information content (AvgIpc) is 3.54. The Balaban J connectivity index is 1.48. The minimum atomic E-state index is -4.02. The van der Waals surface area contributed by atoms with Gasteiger partial charge in [0.05, 0.1) is 4.90 Å². The molecule has 0 saturated carbocycles. The normalized spacial score (nSPS) is 14.4. The van der Waals surface area contributed by atoms with Crippen molar-refractivity contribution in [3.8, 4) is 6.07 Å². The van der Waals surface area contributed by atoms with Gasteiger partial charge in [-0.1, -0.05) is 24.3 Å². The number of benzene rings is 2. The number of carbonyl (C=O) groups excluding carboxylic acids is 1. The van der Waals surface area contributed by atoms with Crippen LogP contribution >= 0.6 is 0 Å². The standard InChI is InChI=1S/C26H25N5O3S/c27-18-20-8-5-15-30(20)17-13-23(26(32)31-16-4-7-19-6-1-2-10-24(19)31)29-35(33,34)25-11-3-9-22-21(25)12-14-28-22/h1-3,5-6,8-12,14-15,23,28-29H,4,7,13,16-17H2. The molecule has 4 aromatic rings. The summed E-state index contributed by atoms with van der Waals surface area (Å²) >= 11 is 0. The van der Waals surface area contributed by atoms with Gasteiger partial charge in [-0.3, -0.25) is 4.79 Å². The first-order valence-electron chi connectivity index (χ1n) is 11.5. The molecular formula is C26H25N5O3S. The highest BCUT2D eigenvalue weighted by Crippen LogP contribution is 2.28. The summed E-state index contributed by atoms with van der Waals surface area (Å²) in [5.41, 5.74) is 3.05. The predicted octanol–water partition coefficient (Wildman–Crippen LogP) is 3.56. The number of nitriles is 1. The van der Waals surface area contributed by atoms with Crippen molar-refractivity contribution in [3.05, 3.63) is 84.3 Å². The zero-order valence-electron chi connectivity index (χ0n) is 19.0. The number of anilines is 1. The summed E-state index contributed by atoms with van der Waals surface area (Å²) in [6.45, 7) is 0.840. The zero-order chi connectivity index (χ0) is 24.4. The lowest BCUT2D eigenvalue weighted by Crippen LogP contribution is -2.50. The molecule has 1 atom stereocenters. The van der Waals surface area contributed by atoms with Crippen LogP contribution in [-0.4, -0.2) is 36.5 Å². The number of hydrogen-bond donors (Lipinski definition) is 2. The van der Waals surface area contributed by atoms with Gasteiger partial charge in [-0.25, -0.2) is 8.42 Å². The van der Waals surface area contributed by atoms with E-state index in [9.17, 15) is 18.5 Å². The molecule has 0 saturated heterocycles. The van der Waals surface area contributed by atoms with Gasteiger partial charge in [0, 0.05) is 42.1 Å². The summed E-state index contributed by atoms with van der Waals surface area (Å²) in [5.74, 6) is -0.298. The molecule has 0 aliphatic carbocycles. The van der Waals surface area contributed by atoms with Gasteiger partial charge in [-0.15, -0.1) is 0 Å². The molecule has 1 aliphatic heterocycles. The summed E-state index contributed by atoms with van der Waals surface area (Å²) in [7, 11) is -4.02. The van der Waals surface area contributed by atoms with Crippen LogP contribution in [0.4, 0.5) is 5.69 Å². The Labute approximate surface area is 203 Å². The molecule has 0 spiro atoms. The second kappa shape index (κ2) is 9.41. The molecule has 1 amide bonds. The molecule has 2 N–H and O–H groups in total. The fourth-order valence-electron chi connectivity index (χ4n) is 4.70. The number of aromatic nitrogens is 2. The second-order valence-corrected chi connectivity index (χ2v) is 10.3. The van der Waals surface area contributed by atoms with Crippen molar-refractivity contribution in [2.75, 3.05) is 11.4 Å². The largest absolute Gasteiger partial charge is 0.361 e.